The zero-order valence-corrected chi connectivity index (χ0v) is 15.0. The van der Waals surface area contributed by atoms with Crippen molar-refractivity contribution in [1.29, 1.82) is 0 Å². The Morgan fingerprint density at radius 2 is 1.68 bits per heavy atom. The molecule has 0 spiro atoms. The van der Waals surface area contributed by atoms with Gasteiger partial charge in [-0.15, -0.1) is 0 Å². The van der Waals surface area contributed by atoms with Crippen molar-refractivity contribution >= 4 is 15.9 Å². The molecule has 1 atom stereocenters. The van der Waals surface area contributed by atoms with E-state index in [1.165, 1.54) is 48.2 Å². The lowest BCUT2D eigenvalue weighted by Gasteiger charge is -2.20. The van der Waals surface area contributed by atoms with Crippen LogP contribution in [-0.2, 0) is 22.9 Å². The summed E-state index contributed by atoms with van der Waals surface area (Å²) in [6.45, 7) is 1.83. The first-order valence-electron chi connectivity index (χ1n) is 8.41. The number of carbonyl (C=O) groups is 1. The van der Waals surface area contributed by atoms with E-state index in [0.717, 1.165) is 18.4 Å². The second kappa shape index (κ2) is 6.98. The first-order valence-corrected chi connectivity index (χ1v) is 9.89. The summed E-state index contributed by atoms with van der Waals surface area (Å²) in [6.07, 6.45) is 4.55. The third-order valence-corrected chi connectivity index (χ3v) is 6.21. The molecule has 2 aromatic carbocycles. The zero-order chi connectivity index (χ0) is 18.0. The first kappa shape index (κ1) is 17.6. The van der Waals surface area contributed by atoms with E-state index in [-0.39, 0.29) is 16.5 Å². The highest BCUT2D eigenvalue weighted by Gasteiger charge is 2.20. The van der Waals surface area contributed by atoms with Gasteiger partial charge in [-0.25, -0.2) is 13.1 Å². The fourth-order valence-electron chi connectivity index (χ4n) is 3.19. The van der Waals surface area contributed by atoms with E-state index in [0.29, 0.717) is 0 Å². The molecule has 0 saturated carbocycles. The number of aryl methyl sites for hydroxylation is 2. The molecule has 3 rings (SSSR count). The van der Waals surface area contributed by atoms with Crippen LogP contribution in [0.2, 0.25) is 0 Å². The van der Waals surface area contributed by atoms with Crippen molar-refractivity contribution in [3.63, 3.8) is 0 Å². The highest BCUT2D eigenvalue weighted by molar-refractivity contribution is 7.89. The normalized spacial score (nSPS) is 15.4. The van der Waals surface area contributed by atoms with Crippen LogP contribution in [0, 0.1) is 0 Å². The largest absolute Gasteiger partial charge is 0.366 e. The third kappa shape index (κ3) is 3.91. The van der Waals surface area contributed by atoms with Crippen LogP contribution in [0.15, 0.2) is 47.4 Å². The molecular weight excluding hydrogens is 336 g/mol. The second-order valence-electron chi connectivity index (χ2n) is 6.47. The average molecular weight is 358 g/mol. The molecule has 2 aromatic rings. The Morgan fingerprint density at radius 1 is 1.04 bits per heavy atom. The fourth-order valence-corrected chi connectivity index (χ4v) is 4.42. The lowest BCUT2D eigenvalue weighted by Crippen LogP contribution is -2.27. The molecule has 0 radical (unpaired) electrons. The molecule has 0 bridgehead atoms. The van der Waals surface area contributed by atoms with Gasteiger partial charge < -0.3 is 5.73 Å². The monoisotopic (exact) mass is 358 g/mol. The molecule has 0 heterocycles. The number of nitrogens with one attached hydrogen (secondary N) is 1. The van der Waals surface area contributed by atoms with Gasteiger partial charge in [0.2, 0.25) is 15.9 Å². The van der Waals surface area contributed by atoms with Gasteiger partial charge >= 0.3 is 0 Å². The highest BCUT2D eigenvalue weighted by atomic mass is 32.2. The molecule has 1 aliphatic rings. The fraction of sp³-hybridized carbons (Fsp3) is 0.316. The molecule has 0 saturated heterocycles. The van der Waals surface area contributed by atoms with Gasteiger partial charge in [-0.2, -0.15) is 0 Å². The number of sulfonamides is 1. The molecule has 1 amide bonds. The SMILES string of the molecule is C[C@@H](NS(=O)(=O)c1ccc(C(N)=O)cc1)c1ccc2c(c1)CCCC2. The van der Waals surface area contributed by atoms with Crippen LogP contribution in [-0.4, -0.2) is 14.3 Å². The molecule has 0 fully saturated rings. The lowest BCUT2D eigenvalue weighted by molar-refractivity contribution is 0.1000. The predicted octanol–water partition coefficient (Wildman–Crippen LogP) is 2.70. The van der Waals surface area contributed by atoms with E-state index >= 15 is 0 Å². The van der Waals surface area contributed by atoms with Crippen molar-refractivity contribution in [3.05, 3.63) is 64.7 Å². The van der Waals surface area contributed by atoms with Gasteiger partial charge in [-0.1, -0.05) is 18.2 Å². The number of carbonyl (C=O) groups excluding carboxylic acids is 1. The molecule has 25 heavy (non-hydrogen) atoms. The van der Waals surface area contributed by atoms with E-state index in [4.69, 9.17) is 5.73 Å². The molecule has 3 N–H and O–H groups in total. The summed E-state index contributed by atoms with van der Waals surface area (Å²) in [5, 5.41) is 0. The maximum Gasteiger partial charge on any atom is 0.248 e. The van der Waals surface area contributed by atoms with Gasteiger partial charge in [0.05, 0.1) is 4.90 Å². The predicted molar refractivity (Wildman–Crippen MR) is 96.8 cm³/mol. The van der Waals surface area contributed by atoms with Crippen LogP contribution < -0.4 is 10.5 Å². The maximum atomic E-state index is 12.6. The van der Waals surface area contributed by atoms with Crippen LogP contribution in [0.25, 0.3) is 0 Å². The van der Waals surface area contributed by atoms with E-state index in [1.807, 2.05) is 13.0 Å². The number of hydrogen-bond donors (Lipinski definition) is 2. The number of nitrogens with two attached hydrogens (primary N) is 1. The Morgan fingerprint density at radius 3 is 2.32 bits per heavy atom. The highest BCUT2D eigenvalue weighted by Crippen LogP contribution is 2.25. The van der Waals surface area contributed by atoms with Crippen LogP contribution in [0.1, 0.15) is 52.9 Å². The lowest BCUT2D eigenvalue weighted by atomic mass is 9.89. The van der Waals surface area contributed by atoms with Crippen LogP contribution in [0.5, 0.6) is 0 Å². The Labute approximate surface area is 148 Å². The molecule has 132 valence electrons. The Kier molecular flexibility index (Phi) is 4.92. The molecule has 0 aromatic heterocycles. The summed E-state index contributed by atoms with van der Waals surface area (Å²) in [7, 11) is -3.67. The topological polar surface area (TPSA) is 89.3 Å². The van der Waals surface area contributed by atoms with Crippen molar-refractivity contribution in [3.8, 4) is 0 Å². The average Bonchev–Trinajstić information content (AvgIpc) is 2.61. The van der Waals surface area contributed by atoms with Crippen molar-refractivity contribution < 1.29 is 13.2 Å². The summed E-state index contributed by atoms with van der Waals surface area (Å²) < 4.78 is 27.8. The molecule has 6 heteroatoms. The summed E-state index contributed by atoms with van der Waals surface area (Å²) in [5.74, 6) is -0.584. The van der Waals surface area contributed by atoms with Gasteiger partial charge in [-0.3, -0.25) is 4.79 Å². The van der Waals surface area contributed by atoms with Crippen LogP contribution >= 0.6 is 0 Å². The minimum absolute atomic E-state index is 0.113. The number of rotatable bonds is 5. The van der Waals surface area contributed by atoms with Crippen LogP contribution in [0.3, 0.4) is 0 Å². The molecule has 0 aliphatic heterocycles. The molecule has 0 unspecified atom stereocenters. The maximum absolute atomic E-state index is 12.6. The number of hydrogen-bond acceptors (Lipinski definition) is 3. The minimum atomic E-state index is -3.67. The number of amides is 1. The van der Waals surface area contributed by atoms with Crippen molar-refractivity contribution in [2.45, 2.75) is 43.5 Å². The first-order chi connectivity index (χ1) is 11.9. The Bertz CT molecular complexity index is 889. The van der Waals surface area contributed by atoms with Gasteiger partial charge in [-0.05, 0) is 73.6 Å². The van der Waals surface area contributed by atoms with Gasteiger partial charge in [0.25, 0.3) is 0 Å². The summed E-state index contributed by atoms with van der Waals surface area (Å²) >= 11 is 0. The van der Waals surface area contributed by atoms with Gasteiger partial charge in [0, 0.05) is 11.6 Å². The smallest absolute Gasteiger partial charge is 0.248 e. The summed E-state index contributed by atoms with van der Waals surface area (Å²) in [6, 6.07) is 11.5. The van der Waals surface area contributed by atoms with Crippen molar-refractivity contribution in [1.82, 2.24) is 4.72 Å². The second-order valence-corrected chi connectivity index (χ2v) is 8.18. The quantitative estimate of drug-likeness (QED) is 0.861. The van der Waals surface area contributed by atoms with Gasteiger partial charge in [0.15, 0.2) is 0 Å². The van der Waals surface area contributed by atoms with Crippen molar-refractivity contribution in [2.75, 3.05) is 0 Å². The third-order valence-electron chi connectivity index (χ3n) is 4.65. The van der Waals surface area contributed by atoms with E-state index in [2.05, 4.69) is 16.9 Å². The summed E-state index contributed by atoms with van der Waals surface area (Å²) in [5.41, 5.74) is 9.10. The van der Waals surface area contributed by atoms with Crippen molar-refractivity contribution in [2.24, 2.45) is 5.73 Å². The van der Waals surface area contributed by atoms with E-state index in [9.17, 15) is 13.2 Å². The van der Waals surface area contributed by atoms with Gasteiger partial charge in [0.1, 0.15) is 0 Å². The summed E-state index contributed by atoms with van der Waals surface area (Å²) in [4.78, 5) is 11.2. The number of benzene rings is 2. The Balaban J connectivity index is 1.79. The Hall–Kier alpha value is -2.18. The van der Waals surface area contributed by atoms with Crippen LogP contribution in [0.4, 0.5) is 0 Å². The molecular formula is C19H22N2O3S. The number of primary amides is 1. The van der Waals surface area contributed by atoms with E-state index in [1.54, 1.807) is 0 Å². The minimum Gasteiger partial charge on any atom is -0.366 e. The standard InChI is InChI=1S/C19H22N2O3S/c1-13(16-7-6-14-4-2-3-5-17(14)12-16)21-25(23,24)18-10-8-15(9-11-18)19(20)22/h6-13,21H,2-5H2,1H3,(H2,20,22)/t13-/m1/s1. The molecule has 1 aliphatic carbocycles. The zero-order valence-electron chi connectivity index (χ0n) is 14.2. The van der Waals surface area contributed by atoms with E-state index < -0.39 is 15.9 Å². The molecule has 5 nitrogen and oxygen atoms in total. The number of fused-ring (bicyclic) bond motifs is 1.